The Labute approximate surface area is 166 Å². The van der Waals surface area contributed by atoms with E-state index < -0.39 is 21.0 Å². The first-order valence-electron chi connectivity index (χ1n) is 10.5. The standard InChI is InChI=1S/C21H40O5S/c1-4-5-6-7-8-9-10-11-12-13-14-15-16-17-18-19-20(22)26-21(2,3)27(23,24)25/h11-12H,4-10,13-19H2,1-3H3,(H,23,24,25)/b12-11-. The fourth-order valence-electron chi connectivity index (χ4n) is 2.72. The molecule has 0 saturated carbocycles. The molecule has 0 heterocycles. The number of hydrogen-bond donors (Lipinski definition) is 1. The van der Waals surface area contributed by atoms with E-state index in [0.29, 0.717) is 6.42 Å². The van der Waals surface area contributed by atoms with E-state index in [-0.39, 0.29) is 6.42 Å². The maximum absolute atomic E-state index is 11.6. The molecule has 0 spiro atoms. The summed E-state index contributed by atoms with van der Waals surface area (Å²) in [7, 11) is -4.41. The predicted octanol–water partition coefficient (Wildman–Crippen LogP) is 6.19. The van der Waals surface area contributed by atoms with E-state index in [2.05, 4.69) is 19.1 Å². The number of esters is 1. The molecule has 160 valence electrons. The zero-order chi connectivity index (χ0) is 20.6. The van der Waals surface area contributed by atoms with Crippen molar-refractivity contribution < 1.29 is 22.5 Å². The Kier molecular flexibility index (Phi) is 14.6. The first kappa shape index (κ1) is 26.1. The SMILES string of the molecule is CCCCCCCC/C=C\CCCCCCCC(=O)OC(C)(C)S(=O)(=O)O. The van der Waals surface area contributed by atoms with Crippen LogP contribution in [-0.2, 0) is 19.6 Å². The van der Waals surface area contributed by atoms with Crippen LogP contribution in [0.3, 0.4) is 0 Å². The van der Waals surface area contributed by atoms with Gasteiger partial charge >= 0.3 is 16.1 Å². The summed E-state index contributed by atoms with van der Waals surface area (Å²) in [5, 5.41) is 0. The van der Waals surface area contributed by atoms with Gasteiger partial charge in [0.2, 0.25) is 4.93 Å². The van der Waals surface area contributed by atoms with Crippen LogP contribution in [0.25, 0.3) is 0 Å². The van der Waals surface area contributed by atoms with Gasteiger partial charge in [0.05, 0.1) is 0 Å². The quantitative estimate of drug-likeness (QED) is 0.135. The highest BCUT2D eigenvalue weighted by molar-refractivity contribution is 7.87. The molecule has 5 nitrogen and oxygen atoms in total. The largest absolute Gasteiger partial charge is 0.441 e. The lowest BCUT2D eigenvalue weighted by atomic mass is 10.1. The number of allylic oxidation sites excluding steroid dienone is 2. The van der Waals surface area contributed by atoms with E-state index in [0.717, 1.165) is 32.1 Å². The third-order valence-electron chi connectivity index (χ3n) is 4.62. The van der Waals surface area contributed by atoms with Crippen LogP contribution in [0, 0.1) is 0 Å². The molecule has 0 aliphatic carbocycles. The molecule has 0 aromatic heterocycles. The maximum Gasteiger partial charge on any atom is 0.307 e. The van der Waals surface area contributed by atoms with Crippen LogP contribution in [0.1, 0.15) is 111 Å². The van der Waals surface area contributed by atoms with Gasteiger partial charge in [0, 0.05) is 6.42 Å². The number of rotatable bonds is 17. The second-order valence-electron chi connectivity index (χ2n) is 7.68. The fourth-order valence-corrected chi connectivity index (χ4v) is 2.92. The van der Waals surface area contributed by atoms with Crippen molar-refractivity contribution >= 4 is 16.1 Å². The lowest BCUT2D eigenvalue weighted by molar-refractivity contribution is -0.150. The van der Waals surface area contributed by atoms with Crippen molar-refractivity contribution in [3.05, 3.63) is 12.2 Å². The van der Waals surface area contributed by atoms with Gasteiger partial charge in [0.1, 0.15) is 0 Å². The van der Waals surface area contributed by atoms with E-state index in [1.165, 1.54) is 58.8 Å². The highest BCUT2D eigenvalue weighted by Crippen LogP contribution is 2.18. The van der Waals surface area contributed by atoms with Crippen LogP contribution < -0.4 is 0 Å². The maximum atomic E-state index is 11.6. The van der Waals surface area contributed by atoms with Crippen LogP contribution >= 0.6 is 0 Å². The van der Waals surface area contributed by atoms with Gasteiger partial charge in [0.15, 0.2) is 0 Å². The van der Waals surface area contributed by atoms with E-state index >= 15 is 0 Å². The predicted molar refractivity (Wildman–Crippen MR) is 111 cm³/mol. The van der Waals surface area contributed by atoms with Gasteiger partial charge in [-0.1, -0.05) is 70.4 Å². The van der Waals surface area contributed by atoms with Crippen LogP contribution in [0.5, 0.6) is 0 Å². The number of unbranched alkanes of at least 4 members (excludes halogenated alkanes) is 11. The smallest absolute Gasteiger partial charge is 0.307 e. The summed E-state index contributed by atoms with van der Waals surface area (Å²) >= 11 is 0. The minimum atomic E-state index is -4.41. The average Bonchev–Trinajstić information content (AvgIpc) is 2.57. The van der Waals surface area contributed by atoms with Crippen LogP contribution in [0.15, 0.2) is 12.2 Å². The summed E-state index contributed by atoms with van der Waals surface area (Å²) < 4.78 is 36.0. The molecule has 0 aliphatic heterocycles. The molecule has 0 amide bonds. The van der Waals surface area contributed by atoms with Gasteiger partial charge in [0.25, 0.3) is 0 Å². The molecule has 0 aromatic carbocycles. The topological polar surface area (TPSA) is 80.7 Å². The molecule has 0 radical (unpaired) electrons. The number of ether oxygens (including phenoxy) is 1. The van der Waals surface area contributed by atoms with Gasteiger partial charge in [-0.3, -0.25) is 9.35 Å². The fraction of sp³-hybridized carbons (Fsp3) is 0.857. The number of carbonyl (C=O) groups excluding carboxylic acids is 1. The monoisotopic (exact) mass is 404 g/mol. The van der Waals surface area contributed by atoms with Crippen LogP contribution in [-0.4, -0.2) is 23.9 Å². The van der Waals surface area contributed by atoms with Crippen molar-refractivity contribution in [1.82, 2.24) is 0 Å². The van der Waals surface area contributed by atoms with Gasteiger partial charge in [-0.15, -0.1) is 0 Å². The zero-order valence-corrected chi connectivity index (χ0v) is 18.4. The summed E-state index contributed by atoms with van der Waals surface area (Å²) in [5.74, 6) is -0.588. The Morgan fingerprint density at radius 1 is 0.852 bits per heavy atom. The van der Waals surface area contributed by atoms with E-state index in [1.54, 1.807) is 0 Å². The molecule has 0 atom stereocenters. The van der Waals surface area contributed by atoms with E-state index in [9.17, 15) is 13.2 Å². The molecule has 27 heavy (non-hydrogen) atoms. The molecule has 1 N–H and O–H groups in total. The Morgan fingerprint density at radius 2 is 1.30 bits per heavy atom. The summed E-state index contributed by atoms with van der Waals surface area (Å²) in [5.41, 5.74) is 0. The molecule has 0 saturated heterocycles. The summed E-state index contributed by atoms with van der Waals surface area (Å²) in [4.78, 5) is 9.75. The number of carbonyl (C=O) groups is 1. The molecule has 0 aromatic rings. The van der Waals surface area contributed by atoms with Crippen molar-refractivity contribution in [2.75, 3.05) is 0 Å². The highest BCUT2D eigenvalue weighted by atomic mass is 32.2. The second-order valence-corrected chi connectivity index (χ2v) is 9.62. The Balaban J connectivity index is 3.50. The Morgan fingerprint density at radius 3 is 1.78 bits per heavy atom. The van der Waals surface area contributed by atoms with E-state index in [4.69, 9.17) is 9.29 Å². The van der Waals surface area contributed by atoms with Gasteiger partial charge in [-0.05, 0) is 46.0 Å². The zero-order valence-electron chi connectivity index (χ0n) is 17.5. The van der Waals surface area contributed by atoms with Crippen molar-refractivity contribution in [3.8, 4) is 0 Å². The first-order valence-corrected chi connectivity index (χ1v) is 12.0. The van der Waals surface area contributed by atoms with Crippen LogP contribution in [0.2, 0.25) is 0 Å². The molecule has 6 heteroatoms. The van der Waals surface area contributed by atoms with Crippen molar-refractivity contribution in [2.24, 2.45) is 0 Å². The second kappa shape index (κ2) is 15.1. The van der Waals surface area contributed by atoms with Gasteiger partial charge < -0.3 is 4.74 Å². The summed E-state index contributed by atoms with van der Waals surface area (Å²) in [6, 6.07) is 0. The molecular weight excluding hydrogens is 364 g/mol. The normalized spacial score (nSPS) is 12.6. The summed E-state index contributed by atoms with van der Waals surface area (Å²) in [6.07, 6.45) is 20.0. The third-order valence-corrected chi connectivity index (χ3v) is 5.95. The molecular formula is C21H40O5S. The Hall–Kier alpha value is -0.880. The van der Waals surface area contributed by atoms with Gasteiger partial charge in [-0.25, -0.2) is 0 Å². The Bertz CT molecular complexity index is 509. The van der Waals surface area contributed by atoms with E-state index in [1.807, 2.05) is 0 Å². The minimum Gasteiger partial charge on any atom is -0.441 e. The van der Waals surface area contributed by atoms with Crippen LogP contribution in [0.4, 0.5) is 0 Å². The summed E-state index contributed by atoms with van der Waals surface area (Å²) in [6.45, 7) is 4.57. The van der Waals surface area contributed by atoms with Crippen molar-refractivity contribution in [2.45, 2.75) is 116 Å². The minimum absolute atomic E-state index is 0.178. The highest BCUT2D eigenvalue weighted by Gasteiger charge is 2.36. The lowest BCUT2D eigenvalue weighted by Crippen LogP contribution is -2.36. The molecule has 0 unspecified atom stereocenters. The first-order chi connectivity index (χ1) is 12.7. The van der Waals surface area contributed by atoms with Crippen molar-refractivity contribution in [1.29, 1.82) is 0 Å². The molecule has 0 fully saturated rings. The van der Waals surface area contributed by atoms with Crippen molar-refractivity contribution in [3.63, 3.8) is 0 Å². The molecule has 0 rings (SSSR count). The molecule has 0 aliphatic rings. The van der Waals surface area contributed by atoms with Gasteiger partial charge in [-0.2, -0.15) is 8.42 Å². The lowest BCUT2D eigenvalue weighted by Gasteiger charge is -2.21. The average molecular weight is 405 g/mol. The molecule has 0 bridgehead atoms. The third kappa shape index (κ3) is 14.8. The number of hydrogen-bond acceptors (Lipinski definition) is 4.